The summed E-state index contributed by atoms with van der Waals surface area (Å²) in [5.41, 5.74) is 0.0759. The van der Waals surface area contributed by atoms with E-state index < -0.39 is 23.5 Å². The first-order chi connectivity index (χ1) is 14.8. The highest BCUT2D eigenvalue weighted by Crippen LogP contribution is 2.39. The molecule has 8 nitrogen and oxygen atoms in total. The summed E-state index contributed by atoms with van der Waals surface area (Å²) in [5, 5.41) is 0. The molecule has 1 unspecified atom stereocenters. The normalized spacial score (nSPS) is 18.9. The topological polar surface area (TPSA) is 87.2 Å². The fraction of sp³-hybridized carbons (Fsp3) is 0.565. The van der Waals surface area contributed by atoms with E-state index >= 15 is 0 Å². The van der Waals surface area contributed by atoms with Crippen LogP contribution >= 0.6 is 0 Å². The Bertz CT molecular complexity index is 835. The van der Waals surface area contributed by atoms with Crippen LogP contribution < -0.4 is 0 Å². The highest BCUT2D eigenvalue weighted by Gasteiger charge is 2.56. The van der Waals surface area contributed by atoms with Gasteiger partial charge in [0, 0.05) is 20.1 Å². The maximum Gasteiger partial charge on any atom is 0.327 e. The first kappa shape index (κ1) is 22.8. The van der Waals surface area contributed by atoms with Gasteiger partial charge in [-0.05, 0) is 18.4 Å². The van der Waals surface area contributed by atoms with Crippen LogP contribution in [0.1, 0.15) is 44.6 Å². The number of likely N-dealkylation sites (N-methyl/N-ethyl adjacent to an activating group) is 1. The van der Waals surface area contributed by atoms with Gasteiger partial charge in [0.2, 0.25) is 5.91 Å². The maximum absolute atomic E-state index is 13.2. The minimum absolute atomic E-state index is 0.137. The highest BCUT2D eigenvalue weighted by molar-refractivity contribution is 6.09. The molecule has 0 N–H and O–H groups in total. The Labute approximate surface area is 183 Å². The van der Waals surface area contributed by atoms with Crippen LogP contribution in [0.3, 0.4) is 0 Å². The first-order valence-corrected chi connectivity index (χ1v) is 10.8. The van der Waals surface area contributed by atoms with Crippen molar-refractivity contribution in [2.45, 2.75) is 51.1 Å². The van der Waals surface area contributed by atoms with Crippen LogP contribution in [0.25, 0.3) is 0 Å². The Kier molecular flexibility index (Phi) is 6.97. The SMILES string of the molecule is COC(=O)C(C)CN(Cc1ccccc1)C(=O)CN1C(=O)N(C)C2(CCCCC2)C1=O. The van der Waals surface area contributed by atoms with E-state index in [4.69, 9.17) is 4.74 Å². The number of amides is 4. The lowest BCUT2D eigenvalue weighted by molar-refractivity contribution is -0.147. The van der Waals surface area contributed by atoms with Gasteiger partial charge in [-0.2, -0.15) is 0 Å². The van der Waals surface area contributed by atoms with Crippen LogP contribution in [-0.2, 0) is 25.7 Å². The highest BCUT2D eigenvalue weighted by atomic mass is 16.5. The minimum atomic E-state index is -0.820. The van der Waals surface area contributed by atoms with Crippen LogP contribution in [0.5, 0.6) is 0 Å². The number of methoxy groups -OCH3 is 1. The van der Waals surface area contributed by atoms with Crippen LogP contribution in [0.2, 0.25) is 0 Å². The molecular weight excluding hydrogens is 398 g/mol. The molecule has 1 atom stereocenters. The van der Waals surface area contributed by atoms with E-state index in [0.717, 1.165) is 29.7 Å². The van der Waals surface area contributed by atoms with Crippen molar-refractivity contribution < 1.29 is 23.9 Å². The van der Waals surface area contributed by atoms with Crippen molar-refractivity contribution in [1.82, 2.24) is 14.7 Å². The minimum Gasteiger partial charge on any atom is -0.469 e. The second kappa shape index (κ2) is 9.49. The van der Waals surface area contributed by atoms with Gasteiger partial charge in [0.05, 0.1) is 13.0 Å². The van der Waals surface area contributed by atoms with Gasteiger partial charge in [-0.15, -0.1) is 0 Å². The summed E-state index contributed by atoms with van der Waals surface area (Å²) >= 11 is 0. The molecule has 1 aromatic rings. The third kappa shape index (κ3) is 4.57. The third-order valence-electron chi connectivity index (χ3n) is 6.44. The Morgan fingerprint density at radius 1 is 1.13 bits per heavy atom. The predicted molar refractivity (Wildman–Crippen MR) is 114 cm³/mol. The third-order valence-corrected chi connectivity index (χ3v) is 6.44. The lowest BCUT2D eigenvalue weighted by Gasteiger charge is -2.35. The summed E-state index contributed by atoms with van der Waals surface area (Å²) in [6, 6.07) is 8.97. The van der Waals surface area contributed by atoms with Crippen molar-refractivity contribution in [3.05, 3.63) is 35.9 Å². The van der Waals surface area contributed by atoms with Crippen LogP contribution in [0, 0.1) is 5.92 Å². The van der Waals surface area contributed by atoms with Crippen LogP contribution in [0.4, 0.5) is 4.79 Å². The van der Waals surface area contributed by atoms with Crippen molar-refractivity contribution in [3.8, 4) is 0 Å². The van der Waals surface area contributed by atoms with Gasteiger partial charge in [0.1, 0.15) is 12.1 Å². The summed E-state index contributed by atoms with van der Waals surface area (Å²) in [5.74, 6) is -1.61. The van der Waals surface area contributed by atoms with Crippen molar-refractivity contribution in [1.29, 1.82) is 0 Å². The van der Waals surface area contributed by atoms with E-state index in [2.05, 4.69) is 0 Å². The number of nitrogens with zero attached hydrogens (tertiary/aromatic N) is 3. The average molecular weight is 430 g/mol. The van der Waals surface area contributed by atoms with Crippen LogP contribution in [0.15, 0.2) is 30.3 Å². The molecular formula is C23H31N3O5. The summed E-state index contributed by atoms with van der Waals surface area (Å²) in [4.78, 5) is 55.4. The zero-order valence-electron chi connectivity index (χ0n) is 18.5. The van der Waals surface area contributed by atoms with Crippen molar-refractivity contribution in [2.24, 2.45) is 5.92 Å². The summed E-state index contributed by atoms with van der Waals surface area (Å²) in [6.07, 6.45) is 4.09. The lowest BCUT2D eigenvalue weighted by Crippen LogP contribution is -2.50. The average Bonchev–Trinajstić information content (AvgIpc) is 2.95. The Morgan fingerprint density at radius 3 is 2.39 bits per heavy atom. The molecule has 2 aliphatic rings. The molecule has 3 rings (SSSR count). The zero-order chi connectivity index (χ0) is 22.6. The molecule has 2 fully saturated rings. The fourth-order valence-corrected chi connectivity index (χ4v) is 4.57. The molecule has 31 heavy (non-hydrogen) atoms. The molecule has 1 aliphatic carbocycles. The Balaban J connectivity index is 1.78. The molecule has 168 valence electrons. The molecule has 0 radical (unpaired) electrons. The van der Waals surface area contributed by atoms with Gasteiger partial charge in [-0.1, -0.05) is 56.5 Å². The van der Waals surface area contributed by atoms with E-state index in [-0.39, 0.29) is 31.4 Å². The quantitative estimate of drug-likeness (QED) is 0.491. The van der Waals surface area contributed by atoms with Gasteiger partial charge in [0.15, 0.2) is 0 Å². The van der Waals surface area contributed by atoms with E-state index in [0.29, 0.717) is 12.8 Å². The monoisotopic (exact) mass is 429 g/mol. The van der Waals surface area contributed by atoms with E-state index in [1.54, 1.807) is 14.0 Å². The molecule has 1 saturated carbocycles. The number of urea groups is 1. The summed E-state index contributed by atoms with van der Waals surface area (Å²) in [6.45, 7) is 1.77. The number of carbonyl (C=O) groups excluding carboxylic acids is 4. The molecule has 4 amide bonds. The van der Waals surface area contributed by atoms with Gasteiger partial charge < -0.3 is 14.5 Å². The molecule has 1 heterocycles. The van der Waals surface area contributed by atoms with E-state index in [1.807, 2.05) is 30.3 Å². The number of hydrogen-bond donors (Lipinski definition) is 0. The number of rotatable bonds is 7. The molecule has 8 heteroatoms. The predicted octanol–water partition coefficient (Wildman–Crippen LogP) is 2.42. The molecule has 1 aromatic carbocycles. The zero-order valence-corrected chi connectivity index (χ0v) is 18.5. The number of hydrogen-bond acceptors (Lipinski definition) is 5. The molecule has 0 aromatic heterocycles. The maximum atomic E-state index is 13.2. The Morgan fingerprint density at radius 2 is 1.77 bits per heavy atom. The summed E-state index contributed by atoms with van der Waals surface area (Å²) in [7, 11) is 2.96. The number of ether oxygens (including phenoxy) is 1. The lowest BCUT2D eigenvalue weighted by atomic mass is 9.81. The van der Waals surface area contributed by atoms with E-state index in [1.165, 1.54) is 16.9 Å². The molecule has 1 saturated heterocycles. The fourth-order valence-electron chi connectivity index (χ4n) is 4.57. The second-order valence-corrected chi connectivity index (χ2v) is 8.51. The van der Waals surface area contributed by atoms with Gasteiger partial charge in [0.25, 0.3) is 5.91 Å². The number of esters is 1. The van der Waals surface area contributed by atoms with Gasteiger partial charge >= 0.3 is 12.0 Å². The summed E-state index contributed by atoms with van der Waals surface area (Å²) < 4.78 is 4.80. The molecule has 1 spiro atoms. The second-order valence-electron chi connectivity index (χ2n) is 8.51. The van der Waals surface area contributed by atoms with Crippen LogP contribution in [-0.4, -0.2) is 71.3 Å². The number of benzene rings is 1. The largest absolute Gasteiger partial charge is 0.469 e. The van der Waals surface area contributed by atoms with Crippen molar-refractivity contribution >= 4 is 23.8 Å². The number of imide groups is 1. The number of carbonyl (C=O) groups is 4. The standard InChI is InChI=1S/C23H31N3O5/c1-17(20(28)31-3)14-25(15-18-10-6-4-7-11-18)19(27)16-26-21(29)23(24(2)22(26)30)12-8-5-9-13-23/h4,6-7,10-11,17H,5,8-9,12-16H2,1-3H3. The molecule has 0 bridgehead atoms. The van der Waals surface area contributed by atoms with E-state index in [9.17, 15) is 19.2 Å². The van der Waals surface area contributed by atoms with Crippen molar-refractivity contribution in [2.75, 3.05) is 27.2 Å². The van der Waals surface area contributed by atoms with Crippen molar-refractivity contribution in [3.63, 3.8) is 0 Å². The van der Waals surface area contributed by atoms with Gasteiger partial charge in [-0.3, -0.25) is 19.3 Å². The smallest absolute Gasteiger partial charge is 0.327 e. The Hall–Kier alpha value is -2.90. The van der Waals surface area contributed by atoms with Gasteiger partial charge in [-0.25, -0.2) is 4.79 Å². The first-order valence-electron chi connectivity index (χ1n) is 10.8. The molecule has 1 aliphatic heterocycles.